The van der Waals surface area contributed by atoms with Gasteiger partial charge in [0.1, 0.15) is 0 Å². The summed E-state index contributed by atoms with van der Waals surface area (Å²) in [4.78, 5) is 4.45. The van der Waals surface area contributed by atoms with Gasteiger partial charge in [0.25, 0.3) is 0 Å². The summed E-state index contributed by atoms with van der Waals surface area (Å²) in [5.74, 6) is -0.740. The van der Waals surface area contributed by atoms with Crippen LogP contribution in [0.25, 0.3) is 127 Å². The second kappa shape index (κ2) is 22.2. The van der Waals surface area contributed by atoms with Crippen LogP contribution in [0.3, 0.4) is 0 Å². The molecule has 0 aliphatic carbocycles. The molecule has 0 N–H and O–H groups in total. The third-order valence-electron chi connectivity index (χ3n) is 21.3. The summed E-state index contributed by atoms with van der Waals surface area (Å²) in [5.41, 5.74) is 16.6. The van der Waals surface area contributed by atoms with Crippen LogP contribution in [0.5, 0.6) is 0 Å². The third kappa shape index (κ3) is 9.25. The SMILES string of the molecule is [2H]c1c([2H])c([2H])c2c(c1[2H])c1c([2H])c([2H])c([2H])c([2H])c1n2-c1ccc2c(c1)N(c1cc(-c3ccccc3)cc(-c3ccccc3)c1)c1cc(C(C)(C)C)cc3c1C2c1ccc(-n2c4c([2H])c([2H])c([2H])c([2H])c4c4c([2H])c([2H])c([2H])c([2H])c42)cc1N3c1cccc2c1oc1c(-n3c4ccc(C(C)(C)C)cc4c4cc(C(C)(C)C)ccc43)cccc12. The highest BCUT2D eigenvalue weighted by Gasteiger charge is 2.44. The van der Waals surface area contributed by atoms with Crippen LogP contribution in [0.15, 0.2) is 301 Å². The van der Waals surface area contributed by atoms with Crippen molar-refractivity contribution < 1.29 is 26.3 Å². The van der Waals surface area contributed by atoms with E-state index < -0.39 is 108 Å². The maximum Gasteiger partial charge on any atom is 0.159 e. The highest BCUT2D eigenvalue weighted by Crippen LogP contribution is 2.63. The third-order valence-corrected chi connectivity index (χ3v) is 21.3. The van der Waals surface area contributed by atoms with Crippen molar-refractivity contribution in [2.45, 2.75) is 84.5 Å². The van der Waals surface area contributed by atoms with Gasteiger partial charge in [-0.05, 0) is 181 Å². The van der Waals surface area contributed by atoms with Gasteiger partial charge in [-0.2, -0.15) is 0 Å². The summed E-state index contributed by atoms with van der Waals surface area (Å²) in [6.45, 7) is 19.9. The quantitative estimate of drug-likeness (QED) is 0.159. The fraction of sp³-hybridized carbons (Fsp3) is 0.134. The van der Waals surface area contributed by atoms with Gasteiger partial charge in [-0.25, -0.2) is 0 Å². The van der Waals surface area contributed by atoms with Gasteiger partial charge in [0.2, 0.25) is 0 Å². The van der Waals surface area contributed by atoms with E-state index in [-0.39, 0.29) is 54.4 Å². The van der Waals surface area contributed by atoms with Crippen LogP contribution >= 0.6 is 0 Å². The molecule has 0 saturated heterocycles. The van der Waals surface area contributed by atoms with Gasteiger partial charge in [-0.1, -0.05) is 244 Å². The van der Waals surface area contributed by atoms with Gasteiger partial charge in [0.05, 0.1) is 89.2 Å². The molecule has 6 nitrogen and oxygen atoms in total. The Morgan fingerprint density at radius 2 is 0.699 bits per heavy atom. The van der Waals surface area contributed by atoms with Crippen LogP contribution in [-0.2, 0) is 16.2 Å². The first-order valence-electron chi connectivity index (χ1n) is 43.0. The van der Waals surface area contributed by atoms with Crippen molar-refractivity contribution in [1.29, 1.82) is 0 Å². The van der Waals surface area contributed by atoms with E-state index in [9.17, 15) is 16.4 Å². The fourth-order valence-electron chi connectivity index (χ4n) is 16.3. The van der Waals surface area contributed by atoms with Gasteiger partial charge in [-0.15, -0.1) is 0 Å². The molecular formula is C97H77N5O. The molecule has 0 amide bonds. The van der Waals surface area contributed by atoms with Crippen LogP contribution in [-0.4, -0.2) is 13.7 Å². The zero-order valence-corrected chi connectivity index (χ0v) is 58.3. The lowest BCUT2D eigenvalue weighted by Crippen LogP contribution is -2.30. The zero-order valence-electron chi connectivity index (χ0n) is 74.3. The molecule has 6 heteroatoms. The Balaban J connectivity index is 0.937. The maximum atomic E-state index is 9.80. The first-order chi connectivity index (χ1) is 56.6. The molecule has 6 heterocycles. The van der Waals surface area contributed by atoms with E-state index in [1.807, 2.05) is 84.9 Å². The largest absolute Gasteiger partial charge is 0.452 e. The number of fused-ring (bicyclic) bond motifs is 16. The summed E-state index contributed by atoms with van der Waals surface area (Å²) >= 11 is 0. The van der Waals surface area contributed by atoms with Crippen molar-refractivity contribution in [3.63, 3.8) is 0 Å². The summed E-state index contributed by atoms with van der Waals surface area (Å²) < 4.78 is 163. The Bertz CT molecular complexity index is 7300. The molecule has 0 bridgehead atoms. The minimum absolute atomic E-state index is 0.0484. The molecule has 1 unspecified atom stereocenters. The molecule has 0 spiro atoms. The van der Waals surface area contributed by atoms with Gasteiger partial charge in [0.15, 0.2) is 11.2 Å². The second-order valence-electron chi connectivity index (χ2n) is 30.5. The Kier molecular flexibility index (Phi) is 9.98. The van der Waals surface area contributed by atoms with E-state index in [2.05, 4.69) is 192 Å². The molecule has 2 aliphatic heterocycles. The summed E-state index contributed by atoms with van der Waals surface area (Å²) in [7, 11) is 0. The van der Waals surface area contributed by atoms with E-state index in [1.54, 1.807) is 9.13 Å². The fourth-order valence-corrected chi connectivity index (χ4v) is 16.3. The van der Waals surface area contributed by atoms with E-state index in [0.29, 0.717) is 45.3 Å². The summed E-state index contributed by atoms with van der Waals surface area (Å²) in [6.07, 6.45) is 0. The Morgan fingerprint density at radius 1 is 0.282 bits per heavy atom. The molecule has 0 saturated carbocycles. The van der Waals surface area contributed by atoms with Gasteiger partial charge < -0.3 is 27.9 Å². The van der Waals surface area contributed by atoms with Crippen molar-refractivity contribution >= 4 is 121 Å². The first kappa shape index (κ1) is 46.3. The monoisotopic (exact) mass is 1340 g/mol. The van der Waals surface area contributed by atoms with Crippen molar-refractivity contribution in [2.24, 2.45) is 0 Å². The van der Waals surface area contributed by atoms with Crippen LogP contribution < -0.4 is 9.80 Å². The lowest BCUT2D eigenvalue weighted by atomic mass is 9.73. The number of hydrogen-bond acceptors (Lipinski definition) is 3. The molecule has 18 aromatic rings. The molecule has 4 aromatic heterocycles. The van der Waals surface area contributed by atoms with Gasteiger partial charge in [-0.3, -0.25) is 0 Å². The predicted octanol–water partition coefficient (Wildman–Crippen LogP) is 26.9. The number of benzene rings is 14. The van der Waals surface area contributed by atoms with Crippen molar-refractivity contribution in [3.8, 4) is 39.3 Å². The normalized spacial score (nSPS) is 16.1. The predicted molar refractivity (Wildman–Crippen MR) is 434 cm³/mol. The molecule has 1 atom stereocenters. The molecule has 20 rings (SSSR count). The number of aromatic nitrogens is 3. The van der Waals surface area contributed by atoms with Crippen molar-refractivity contribution in [3.05, 3.63) is 330 Å². The number of rotatable bonds is 7. The van der Waals surface area contributed by atoms with Gasteiger partial charge >= 0.3 is 0 Å². The second-order valence-corrected chi connectivity index (χ2v) is 30.5. The van der Waals surface area contributed by atoms with Crippen molar-refractivity contribution in [1.82, 2.24) is 13.7 Å². The standard InChI is InChI=1S/C97H77N5O/c1-95(2,3)63-42-48-83-77(53-63)78-54-64(96(4,5)6)43-49-84(78)101(83)85-40-24-34-73-74-35-25-41-86(94(74)103-93(73)85)102-88-58-67(99-81-38-22-18-32-71(81)72-33-19-23-39-82(72)99)45-47-76(88)91-75-46-44-66(98-79-36-20-16-30-69(79)70-31-17-21-37-80(70)98)57-87(75)100(89-55-65(97(7,8)9)56-90(102)92(89)91)68-51-61(59-26-12-10-13-27-59)50-62(52-68)60-28-14-11-15-29-60/h10-58,91H,1-9H3/i16D,17D,18D,19D,20D,21D,22D,23D,30D,31D,32D,33D,36D,37D,38D,39D. The van der Waals surface area contributed by atoms with Crippen LogP contribution in [0.2, 0.25) is 0 Å². The zero-order chi connectivity index (χ0) is 83.5. The average molecular weight is 1340 g/mol. The average Bonchev–Trinajstić information content (AvgIpc) is 1.65. The molecule has 496 valence electrons. The van der Waals surface area contributed by atoms with Crippen LogP contribution in [0.4, 0.5) is 34.1 Å². The summed E-state index contributed by atoms with van der Waals surface area (Å²) in [6, 6.07) is 60.5. The van der Waals surface area contributed by atoms with E-state index in [0.717, 1.165) is 94.1 Å². The smallest absolute Gasteiger partial charge is 0.159 e. The number of nitrogens with zero attached hydrogens (tertiary/aromatic N) is 5. The summed E-state index contributed by atoms with van der Waals surface area (Å²) in [5, 5.41) is 3.55. The van der Waals surface area contributed by atoms with Gasteiger partial charge in [0, 0.05) is 71.6 Å². The number of para-hydroxylation sites is 6. The van der Waals surface area contributed by atoms with Crippen molar-refractivity contribution in [2.75, 3.05) is 9.80 Å². The molecule has 2 aliphatic rings. The minimum Gasteiger partial charge on any atom is -0.452 e. The molecule has 0 fully saturated rings. The minimum atomic E-state index is -0.740. The molecular weight excluding hydrogens is 1250 g/mol. The highest BCUT2D eigenvalue weighted by molar-refractivity contribution is 6.17. The Hall–Kier alpha value is -12.1. The van der Waals surface area contributed by atoms with E-state index >= 15 is 0 Å². The molecule has 103 heavy (non-hydrogen) atoms. The number of anilines is 6. The topological polar surface area (TPSA) is 34.4 Å². The van der Waals surface area contributed by atoms with Crippen LogP contribution in [0.1, 0.15) is 124 Å². The van der Waals surface area contributed by atoms with E-state index in [4.69, 9.17) is 9.90 Å². The first-order valence-corrected chi connectivity index (χ1v) is 35.0. The lowest BCUT2D eigenvalue weighted by Gasteiger charge is -2.46. The molecule has 0 radical (unpaired) electrons. The van der Waals surface area contributed by atoms with Crippen LogP contribution in [0, 0.1) is 0 Å². The maximum absolute atomic E-state index is 9.80. The Labute approximate surface area is 622 Å². The Morgan fingerprint density at radius 3 is 1.16 bits per heavy atom. The number of furan rings is 1. The molecule has 14 aromatic carbocycles. The highest BCUT2D eigenvalue weighted by atomic mass is 16.3. The number of hydrogen-bond donors (Lipinski definition) is 0. The lowest BCUT2D eigenvalue weighted by molar-refractivity contribution is 0.589. The van der Waals surface area contributed by atoms with E-state index in [1.165, 1.54) is 11.1 Å².